The zero-order chi connectivity index (χ0) is 16.5. The molecule has 3 nitrogen and oxygen atoms in total. The van der Waals surface area contributed by atoms with E-state index in [1.54, 1.807) is 12.1 Å². The summed E-state index contributed by atoms with van der Waals surface area (Å²) in [6, 6.07) is 17.6. The van der Waals surface area contributed by atoms with Crippen molar-refractivity contribution in [3.8, 4) is 11.4 Å². The van der Waals surface area contributed by atoms with Crippen LogP contribution >= 0.6 is 0 Å². The van der Waals surface area contributed by atoms with Gasteiger partial charge in [-0.3, -0.25) is 4.90 Å². The van der Waals surface area contributed by atoms with Crippen LogP contribution in [0.15, 0.2) is 60.8 Å². The number of nitrogens with zero attached hydrogens (tertiary/aromatic N) is 3. The summed E-state index contributed by atoms with van der Waals surface area (Å²) in [5, 5.41) is 0. The summed E-state index contributed by atoms with van der Waals surface area (Å²) in [4.78, 5) is 6.95. The van der Waals surface area contributed by atoms with Gasteiger partial charge in [0.2, 0.25) is 0 Å². The molecular weight excluding hydrogens is 301 g/mol. The first-order valence-corrected chi connectivity index (χ1v) is 8.27. The van der Waals surface area contributed by atoms with Gasteiger partial charge in [-0.25, -0.2) is 9.37 Å². The van der Waals surface area contributed by atoms with Crippen LogP contribution in [-0.2, 0) is 6.54 Å². The second kappa shape index (κ2) is 6.21. The standard InChI is InChI=1S/C20H20FN3/c1-15-11-22-20(17-7-3-2-4-8-17)24(15)19-13-23(14-19)12-16-6-5-9-18(21)10-16/h2-11,19H,12-14H2,1H3. The highest BCUT2D eigenvalue weighted by atomic mass is 19.1. The Bertz CT molecular complexity index is 835. The van der Waals surface area contributed by atoms with E-state index in [1.165, 1.54) is 11.8 Å². The molecule has 0 amide bonds. The molecule has 122 valence electrons. The molecule has 1 fully saturated rings. The van der Waals surface area contributed by atoms with Crippen LogP contribution in [-0.4, -0.2) is 27.5 Å². The minimum absolute atomic E-state index is 0.165. The van der Waals surface area contributed by atoms with Crippen LogP contribution in [0.2, 0.25) is 0 Å². The number of halogens is 1. The van der Waals surface area contributed by atoms with Crippen molar-refractivity contribution in [3.63, 3.8) is 0 Å². The molecule has 2 heterocycles. The molecule has 0 bridgehead atoms. The Labute approximate surface area is 141 Å². The number of aromatic nitrogens is 2. The molecule has 0 saturated carbocycles. The molecule has 1 aliphatic rings. The van der Waals surface area contributed by atoms with Gasteiger partial charge < -0.3 is 4.57 Å². The molecule has 0 atom stereocenters. The molecule has 0 radical (unpaired) electrons. The third-order valence-corrected chi connectivity index (χ3v) is 4.61. The summed E-state index contributed by atoms with van der Waals surface area (Å²) in [5.41, 5.74) is 3.36. The van der Waals surface area contributed by atoms with Gasteiger partial charge in [0.25, 0.3) is 0 Å². The Morgan fingerprint density at radius 1 is 1.08 bits per heavy atom. The molecular formula is C20H20FN3. The first kappa shape index (κ1) is 15.1. The van der Waals surface area contributed by atoms with E-state index in [0.717, 1.165) is 36.6 Å². The average Bonchev–Trinajstić information content (AvgIpc) is 2.93. The SMILES string of the molecule is Cc1cnc(-c2ccccc2)n1C1CN(Cc2cccc(F)c2)C1. The zero-order valence-corrected chi connectivity index (χ0v) is 13.7. The number of hydrogen-bond donors (Lipinski definition) is 0. The van der Waals surface area contributed by atoms with Crippen molar-refractivity contribution in [2.75, 3.05) is 13.1 Å². The highest BCUT2D eigenvalue weighted by molar-refractivity contribution is 5.56. The van der Waals surface area contributed by atoms with E-state index in [0.29, 0.717) is 6.04 Å². The van der Waals surface area contributed by atoms with E-state index in [4.69, 9.17) is 0 Å². The fourth-order valence-corrected chi connectivity index (χ4v) is 3.44. The van der Waals surface area contributed by atoms with Crippen LogP contribution in [0, 0.1) is 12.7 Å². The van der Waals surface area contributed by atoms with Crippen molar-refractivity contribution < 1.29 is 4.39 Å². The second-order valence-corrected chi connectivity index (χ2v) is 6.44. The molecule has 1 aromatic heterocycles. The van der Waals surface area contributed by atoms with Gasteiger partial charge in [0.05, 0.1) is 6.04 Å². The maximum atomic E-state index is 13.3. The highest BCUT2D eigenvalue weighted by Gasteiger charge is 2.30. The van der Waals surface area contributed by atoms with Crippen molar-refractivity contribution in [3.05, 3.63) is 77.9 Å². The van der Waals surface area contributed by atoms with E-state index >= 15 is 0 Å². The Morgan fingerprint density at radius 3 is 2.62 bits per heavy atom. The lowest BCUT2D eigenvalue weighted by molar-refractivity contribution is 0.0986. The molecule has 2 aromatic carbocycles. The molecule has 4 heteroatoms. The topological polar surface area (TPSA) is 21.1 Å². The fraction of sp³-hybridized carbons (Fsp3) is 0.250. The Kier molecular flexibility index (Phi) is 3.90. The maximum absolute atomic E-state index is 13.3. The van der Waals surface area contributed by atoms with E-state index in [9.17, 15) is 4.39 Å². The fourth-order valence-electron chi connectivity index (χ4n) is 3.44. The molecule has 0 aliphatic carbocycles. The van der Waals surface area contributed by atoms with E-state index in [1.807, 2.05) is 30.5 Å². The zero-order valence-electron chi connectivity index (χ0n) is 13.7. The van der Waals surface area contributed by atoms with Crippen molar-refractivity contribution in [2.45, 2.75) is 19.5 Å². The number of rotatable bonds is 4. The van der Waals surface area contributed by atoms with Gasteiger partial charge in [-0.2, -0.15) is 0 Å². The lowest BCUT2D eigenvalue weighted by Crippen LogP contribution is -2.47. The van der Waals surface area contributed by atoms with Crippen molar-refractivity contribution in [1.29, 1.82) is 0 Å². The summed E-state index contributed by atoms with van der Waals surface area (Å²) in [5.74, 6) is 0.866. The number of likely N-dealkylation sites (tertiary alicyclic amines) is 1. The second-order valence-electron chi connectivity index (χ2n) is 6.44. The summed E-state index contributed by atoms with van der Waals surface area (Å²) >= 11 is 0. The van der Waals surface area contributed by atoms with Gasteiger partial charge in [0.1, 0.15) is 11.6 Å². The predicted molar refractivity (Wildman–Crippen MR) is 93.1 cm³/mol. The first-order chi connectivity index (χ1) is 11.7. The molecule has 1 aliphatic heterocycles. The molecule has 1 saturated heterocycles. The Hall–Kier alpha value is -2.46. The molecule has 4 rings (SSSR count). The quantitative estimate of drug-likeness (QED) is 0.723. The van der Waals surface area contributed by atoms with Gasteiger partial charge in [0.15, 0.2) is 0 Å². The maximum Gasteiger partial charge on any atom is 0.140 e. The third kappa shape index (κ3) is 2.85. The van der Waals surface area contributed by atoms with Gasteiger partial charge in [-0.15, -0.1) is 0 Å². The van der Waals surface area contributed by atoms with E-state index in [2.05, 4.69) is 33.5 Å². The van der Waals surface area contributed by atoms with Crippen LogP contribution < -0.4 is 0 Å². The normalized spacial score (nSPS) is 15.4. The molecule has 0 N–H and O–H groups in total. The van der Waals surface area contributed by atoms with Crippen LogP contribution in [0.25, 0.3) is 11.4 Å². The smallest absolute Gasteiger partial charge is 0.140 e. The number of imidazole rings is 1. The number of aryl methyl sites for hydroxylation is 1. The third-order valence-electron chi connectivity index (χ3n) is 4.61. The van der Waals surface area contributed by atoms with Crippen LogP contribution in [0.3, 0.4) is 0 Å². The minimum atomic E-state index is -0.165. The molecule has 24 heavy (non-hydrogen) atoms. The highest BCUT2D eigenvalue weighted by Crippen LogP contribution is 2.30. The van der Waals surface area contributed by atoms with Gasteiger partial charge in [0, 0.05) is 37.1 Å². The summed E-state index contributed by atoms with van der Waals surface area (Å²) in [6.07, 6.45) is 1.94. The van der Waals surface area contributed by atoms with Gasteiger partial charge in [-0.1, -0.05) is 42.5 Å². The van der Waals surface area contributed by atoms with E-state index in [-0.39, 0.29) is 5.82 Å². The molecule has 3 aromatic rings. The monoisotopic (exact) mass is 321 g/mol. The lowest BCUT2D eigenvalue weighted by Gasteiger charge is -2.41. The molecule has 0 spiro atoms. The summed E-state index contributed by atoms with van der Waals surface area (Å²) < 4.78 is 15.6. The van der Waals surface area contributed by atoms with Crippen LogP contribution in [0.1, 0.15) is 17.3 Å². The predicted octanol–water partition coefficient (Wildman–Crippen LogP) is 4.05. The molecule has 0 unspecified atom stereocenters. The van der Waals surface area contributed by atoms with E-state index < -0.39 is 0 Å². The lowest BCUT2D eigenvalue weighted by atomic mass is 10.1. The van der Waals surface area contributed by atoms with Crippen LogP contribution in [0.4, 0.5) is 4.39 Å². The van der Waals surface area contributed by atoms with Crippen LogP contribution in [0.5, 0.6) is 0 Å². The summed E-state index contributed by atoms with van der Waals surface area (Å²) in [7, 11) is 0. The van der Waals surface area contributed by atoms with Crippen molar-refractivity contribution in [1.82, 2.24) is 14.5 Å². The first-order valence-electron chi connectivity index (χ1n) is 8.27. The minimum Gasteiger partial charge on any atom is -0.323 e. The van der Waals surface area contributed by atoms with Crippen molar-refractivity contribution in [2.24, 2.45) is 0 Å². The summed E-state index contributed by atoms with van der Waals surface area (Å²) in [6.45, 7) is 4.83. The number of hydrogen-bond acceptors (Lipinski definition) is 2. The van der Waals surface area contributed by atoms with Gasteiger partial charge in [-0.05, 0) is 24.6 Å². The van der Waals surface area contributed by atoms with Crippen molar-refractivity contribution >= 4 is 0 Å². The number of benzene rings is 2. The Morgan fingerprint density at radius 2 is 1.88 bits per heavy atom. The largest absolute Gasteiger partial charge is 0.323 e. The average molecular weight is 321 g/mol. The Balaban J connectivity index is 1.49. The van der Waals surface area contributed by atoms with Gasteiger partial charge >= 0.3 is 0 Å².